The van der Waals surface area contributed by atoms with Crippen LogP contribution in [0.25, 0.3) is 66.1 Å². The average molecular weight is 651 g/mol. The number of carbonyl (C=O) groups excluding carboxylic acids is 1. The molecule has 1 aliphatic rings. The fourth-order valence-electron chi connectivity index (χ4n) is 8.22. The van der Waals surface area contributed by atoms with Crippen molar-refractivity contribution >= 4 is 49.6 Å². The van der Waals surface area contributed by atoms with Crippen LogP contribution in [0.3, 0.4) is 0 Å². The monoisotopic (exact) mass is 650 g/mol. The third-order valence-electron chi connectivity index (χ3n) is 10.6. The number of hydrogen-bond donors (Lipinski definition) is 0. The Morgan fingerprint density at radius 2 is 1.12 bits per heavy atom. The summed E-state index contributed by atoms with van der Waals surface area (Å²) in [5.41, 5.74) is 10.3. The number of fused-ring (bicyclic) bond motifs is 6. The van der Waals surface area contributed by atoms with Crippen LogP contribution in [-0.4, -0.2) is 15.1 Å². The van der Waals surface area contributed by atoms with E-state index in [1.807, 2.05) is 6.92 Å². The molecule has 2 atom stereocenters. The lowest BCUT2D eigenvalue weighted by Gasteiger charge is -2.15. The summed E-state index contributed by atoms with van der Waals surface area (Å²) in [5, 5.41) is 4.88. The van der Waals surface area contributed by atoms with Crippen LogP contribution in [0.1, 0.15) is 31.7 Å². The van der Waals surface area contributed by atoms with Gasteiger partial charge in [0.05, 0.1) is 28.0 Å². The number of allylic oxidation sites excluding steroid dienone is 2. The van der Waals surface area contributed by atoms with Gasteiger partial charge in [-0.3, -0.25) is 4.79 Å². The summed E-state index contributed by atoms with van der Waals surface area (Å²) in [6.45, 7) is 2.31. The van der Waals surface area contributed by atoms with Crippen molar-refractivity contribution in [3.8, 4) is 22.5 Å². The summed E-state index contributed by atoms with van der Waals surface area (Å²) >= 11 is 0. The molecule has 0 N–H and O–H groups in total. The molecular formula is C46H38N2O2. The molecule has 6 aromatic carbocycles. The smallest absolute Gasteiger partial charge is 0.309 e. The molecule has 0 amide bonds. The highest BCUT2D eigenvalue weighted by Gasteiger charge is 2.32. The molecule has 1 fully saturated rings. The van der Waals surface area contributed by atoms with Gasteiger partial charge < -0.3 is 13.9 Å². The van der Waals surface area contributed by atoms with Gasteiger partial charge in [-0.25, -0.2) is 0 Å². The fourth-order valence-corrected chi connectivity index (χ4v) is 8.22. The summed E-state index contributed by atoms with van der Waals surface area (Å²) in [5.74, 6) is 0.192. The van der Waals surface area contributed by atoms with Crippen molar-refractivity contribution in [1.82, 2.24) is 9.13 Å². The van der Waals surface area contributed by atoms with E-state index in [-0.39, 0.29) is 18.5 Å². The zero-order chi connectivity index (χ0) is 33.6. The third kappa shape index (κ3) is 5.11. The van der Waals surface area contributed by atoms with Gasteiger partial charge in [0.15, 0.2) is 0 Å². The molecule has 9 rings (SSSR count). The van der Waals surface area contributed by atoms with Gasteiger partial charge in [-0.2, -0.15) is 0 Å². The molecule has 1 aliphatic carbocycles. The molecule has 0 spiro atoms. The van der Waals surface area contributed by atoms with E-state index < -0.39 is 0 Å². The molecular weight excluding hydrogens is 613 g/mol. The van der Waals surface area contributed by atoms with Crippen LogP contribution < -0.4 is 0 Å². The molecule has 1 saturated carbocycles. The topological polar surface area (TPSA) is 36.2 Å². The Bertz CT molecular complexity index is 2500. The molecule has 4 nitrogen and oxygen atoms in total. The first-order valence-corrected chi connectivity index (χ1v) is 17.7. The van der Waals surface area contributed by atoms with Crippen LogP contribution in [0.4, 0.5) is 0 Å². The maximum Gasteiger partial charge on any atom is 0.309 e. The van der Waals surface area contributed by atoms with Gasteiger partial charge in [0.1, 0.15) is 6.61 Å². The number of aromatic nitrogens is 2. The minimum atomic E-state index is -0.0745. The second-order valence-corrected chi connectivity index (χ2v) is 13.5. The molecule has 2 aromatic heterocycles. The van der Waals surface area contributed by atoms with Crippen molar-refractivity contribution in [2.24, 2.45) is 11.8 Å². The zero-order valence-corrected chi connectivity index (χ0v) is 28.1. The van der Waals surface area contributed by atoms with E-state index >= 15 is 0 Å². The van der Waals surface area contributed by atoms with Crippen molar-refractivity contribution in [2.45, 2.75) is 32.8 Å². The Morgan fingerprint density at radius 1 is 0.620 bits per heavy atom. The van der Waals surface area contributed by atoms with E-state index in [0.29, 0.717) is 5.92 Å². The van der Waals surface area contributed by atoms with E-state index in [1.165, 1.54) is 38.3 Å². The molecule has 8 aromatic rings. The van der Waals surface area contributed by atoms with Gasteiger partial charge in [0, 0.05) is 32.9 Å². The van der Waals surface area contributed by atoms with Crippen molar-refractivity contribution < 1.29 is 9.53 Å². The highest BCUT2D eigenvalue weighted by molar-refractivity contribution is 6.10. The molecule has 4 heteroatoms. The lowest BCUT2D eigenvalue weighted by molar-refractivity contribution is -0.150. The number of carbonyl (C=O) groups is 1. The second kappa shape index (κ2) is 12.5. The predicted molar refractivity (Wildman–Crippen MR) is 206 cm³/mol. The maximum atomic E-state index is 13.0. The Labute approximate surface area is 291 Å². The standard InChI is InChI=1S/C46H38N2O2/c1-2-10-34-11-9-15-37(34)46(49)50-30-31-19-28-45-41(29-31)40-14-5-8-18-44(40)48(45)36-26-22-33(23-27-36)32-20-24-35(25-21-32)47-42-16-6-3-12-38(42)39-13-4-7-17-43(39)47/h2-8,10,12-14,16-29,34,37H,9,11,15,30H2,1H3/b10-2-. The normalized spacial score (nSPS) is 16.3. The average Bonchev–Trinajstić information content (AvgIpc) is 3.87. The second-order valence-electron chi connectivity index (χ2n) is 13.5. The number of ether oxygens (including phenoxy) is 1. The first-order chi connectivity index (χ1) is 24.7. The number of benzene rings is 6. The summed E-state index contributed by atoms with van der Waals surface area (Å²) in [6, 6.07) is 49.9. The van der Waals surface area contributed by atoms with Crippen LogP contribution in [-0.2, 0) is 16.1 Å². The van der Waals surface area contributed by atoms with Gasteiger partial charge in [-0.05, 0) is 97.0 Å². The fraction of sp³-hybridized carbons (Fsp3) is 0.152. The van der Waals surface area contributed by atoms with E-state index in [1.54, 1.807) is 0 Å². The Kier molecular flexibility index (Phi) is 7.58. The Balaban J connectivity index is 1.00. The summed E-state index contributed by atoms with van der Waals surface area (Å²) in [7, 11) is 0. The highest BCUT2D eigenvalue weighted by atomic mass is 16.5. The Morgan fingerprint density at radius 3 is 1.66 bits per heavy atom. The van der Waals surface area contributed by atoms with E-state index in [4.69, 9.17) is 4.74 Å². The van der Waals surface area contributed by atoms with Crippen molar-refractivity contribution in [3.63, 3.8) is 0 Å². The molecule has 0 bridgehead atoms. The lowest BCUT2D eigenvalue weighted by Crippen LogP contribution is -2.20. The summed E-state index contributed by atoms with van der Waals surface area (Å²) in [4.78, 5) is 13.0. The van der Waals surface area contributed by atoms with Crippen LogP contribution in [0.5, 0.6) is 0 Å². The third-order valence-corrected chi connectivity index (χ3v) is 10.6. The highest BCUT2D eigenvalue weighted by Crippen LogP contribution is 2.36. The quantitative estimate of drug-likeness (QED) is 0.127. The largest absolute Gasteiger partial charge is 0.461 e. The lowest BCUT2D eigenvalue weighted by atomic mass is 9.96. The number of nitrogens with zero attached hydrogens (tertiary/aromatic N) is 2. The van der Waals surface area contributed by atoms with Gasteiger partial charge in [-0.1, -0.05) is 104 Å². The van der Waals surface area contributed by atoms with E-state index in [2.05, 4.69) is 161 Å². The molecule has 0 aliphatic heterocycles. The number of para-hydroxylation sites is 3. The van der Waals surface area contributed by atoms with Gasteiger partial charge >= 0.3 is 5.97 Å². The van der Waals surface area contributed by atoms with Gasteiger partial charge in [0.25, 0.3) is 0 Å². The van der Waals surface area contributed by atoms with Crippen molar-refractivity contribution in [2.75, 3.05) is 0 Å². The molecule has 244 valence electrons. The molecule has 50 heavy (non-hydrogen) atoms. The summed E-state index contributed by atoms with van der Waals surface area (Å²) in [6.07, 6.45) is 7.27. The number of esters is 1. The van der Waals surface area contributed by atoms with Crippen LogP contribution >= 0.6 is 0 Å². The first kappa shape index (κ1) is 30.2. The summed E-state index contributed by atoms with van der Waals surface area (Å²) < 4.78 is 10.6. The molecule has 2 unspecified atom stereocenters. The minimum Gasteiger partial charge on any atom is -0.461 e. The number of rotatable bonds is 7. The minimum absolute atomic E-state index is 0.0298. The van der Waals surface area contributed by atoms with E-state index in [9.17, 15) is 4.79 Å². The molecule has 0 radical (unpaired) electrons. The Hall–Kier alpha value is -5.87. The van der Waals surface area contributed by atoms with Crippen molar-refractivity contribution in [3.05, 3.63) is 157 Å². The SMILES string of the molecule is C/C=C\C1CCCC1C(=O)OCc1ccc2c(c1)c1ccccc1n2-c1ccc(-c2ccc(-n3c4ccccc4c4ccccc43)cc2)cc1. The van der Waals surface area contributed by atoms with Crippen molar-refractivity contribution in [1.29, 1.82) is 0 Å². The predicted octanol–water partition coefficient (Wildman–Crippen LogP) is 11.6. The van der Waals surface area contributed by atoms with Gasteiger partial charge in [0.2, 0.25) is 0 Å². The molecule has 2 heterocycles. The van der Waals surface area contributed by atoms with Crippen LogP contribution in [0.15, 0.2) is 152 Å². The van der Waals surface area contributed by atoms with Crippen LogP contribution in [0, 0.1) is 11.8 Å². The maximum absolute atomic E-state index is 13.0. The van der Waals surface area contributed by atoms with Crippen LogP contribution in [0.2, 0.25) is 0 Å². The van der Waals surface area contributed by atoms with E-state index in [0.717, 1.165) is 52.6 Å². The molecule has 0 saturated heterocycles. The van der Waals surface area contributed by atoms with Gasteiger partial charge in [-0.15, -0.1) is 0 Å². The number of hydrogen-bond acceptors (Lipinski definition) is 2. The first-order valence-electron chi connectivity index (χ1n) is 17.7. The zero-order valence-electron chi connectivity index (χ0n) is 28.1.